The van der Waals surface area contributed by atoms with Crippen LogP contribution in [0.15, 0.2) is 12.2 Å². The van der Waals surface area contributed by atoms with Crippen molar-refractivity contribution in [3.05, 3.63) is 12.2 Å². The maximum Gasteiger partial charge on any atom is 0.407 e. The predicted octanol–water partition coefficient (Wildman–Crippen LogP) is 4.40. The summed E-state index contributed by atoms with van der Waals surface area (Å²) in [6.45, 7) is 7.98. The monoisotopic (exact) mass is 377 g/mol. The second-order valence-corrected chi connectivity index (χ2v) is 9.66. The topological polar surface area (TPSA) is 53.6 Å². The van der Waals surface area contributed by atoms with Crippen molar-refractivity contribution in [3.8, 4) is 0 Å². The van der Waals surface area contributed by atoms with Crippen molar-refractivity contribution in [2.45, 2.75) is 96.2 Å². The number of nitrogens with zero attached hydrogens (tertiary/aromatic N) is 1. The number of carbonyl (C=O) groups excluding carboxylic acids is 1. The maximum atomic E-state index is 12.3. The summed E-state index contributed by atoms with van der Waals surface area (Å²) >= 11 is 0. The van der Waals surface area contributed by atoms with E-state index in [1.165, 1.54) is 44.9 Å². The molecule has 0 aromatic heterocycles. The van der Waals surface area contributed by atoms with E-state index in [2.05, 4.69) is 27.9 Å². The van der Waals surface area contributed by atoms with Gasteiger partial charge in [0.15, 0.2) is 0 Å². The van der Waals surface area contributed by atoms with Gasteiger partial charge in [-0.05, 0) is 77.6 Å². The third-order valence-electron chi connectivity index (χ3n) is 6.00. The lowest BCUT2D eigenvalue weighted by Gasteiger charge is -2.30. The largest absolute Gasteiger partial charge is 0.444 e. The molecule has 0 aromatic carbocycles. The summed E-state index contributed by atoms with van der Waals surface area (Å²) < 4.78 is 5.51. The molecule has 3 aliphatic rings. The summed E-state index contributed by atoms with van der Waals surface area (Å²) in [5.74, 6) is 1.61. The highest BCUT2D eigenvalue weighted by Crippen LogP contribution is 2.39. The molecule has 2 N–H and O–H groups in total. The molecule has 0 spiro atoms. The van der Waals surface area contributed by atoms with Gasteiger partial charge in [-0.1, -0.05) is 25.0 Å². The Kier molecular flexibility index (Phi) is 7.21. The molecule has 5 nitrogen and oxygen atoms in total. The van der Waals surface area contributed by atoms with Gasteiger partial charge in [0.2, 0.25) is 0 Å². The normalized spacial score (nSPS) is 34.5. The number of carbonyl (C=O) groups is 1. The van der Waals surface area contributed by atoms with Gasteiger partial charge in [0.1, 0.15) is 5.60 Å². The molecule has 3 rings (SSSR count). The second kappa shape index (κ2) is 9.42. The number of ether oxygens (including phenoxy) is 1. The molecule has 1 saturated heterocycles. The summed E-state index contributed by atoms with van der Waals surface area (Å²) in [6.07, 6.45) is 15.3. The number of allylic oxidation sites excluding steroid dienone is 2. The summed E-state index contributed by atoms with van der Waals surface area (Å²) in [4.78, 5) is 12.3. The van der Waals surface area contributed by atoms with Gasteiger partial charge >= 0.3 is 6.09 Å². The Balaban J connectivity index is 1.58. The molecule has 2 fully saturated rings. The van der Waals surface area contributed by atoms with E-state index >= 15 is 0 Å². The zero-order valence-corrected chi connectivity index (χ0v) is 17.5. The molecule has 27 heavy (non-hydrogen) atoms. The Hall–Kier alpha value is -1.07. The van der Waals surface area contributed by atoms with Crippen molar-refractivity contribution in [2.75, 3.05) is 13.1 Å². The number of hydrazine groups is 1. The molecule has 1 saturated carbocycles. The van der Waals surface area contributed by atoms with E-state index in [0.29, 0.717) is 6.04 Å². The van der Waals surface area contributed by atoms with Crippen molar-refractivity contribution < 1.29 is 9.53 Å². The fourth-order valence-electron chi connectivity index (χ4n) is 4.42. The fraction of sp³-hybridized carbons (Fsp3) is 0.864. The van der Waals surface area contributed by atoms with E-state index < -0.39 is 5.60 Å². The number of nitrogens with one attached hydrogen (secondary N) is 2. The Labute approximate surface area is 165 Å². The fourth-order valence-corrected chi connectivity index (χ4v) is 4.42. The van der Waals surface area contributed by atoms with Gasteiger partial charge in [0.05, 0.1) is 0 Å². The van der Waals surface area contributed by atoms with Crippen LogP contribution in [0.3, 0.4) is 0 Å². The molecule has 2 aliphatic heterocycles. The molecule has 0 radical (unpaired) electrons. The molecular formula is C22H39N3O2. The van der Waals surface area contributed by atoms with Crippen LogP contribution in [0.2, 0.25) is 0 Å². The van der Waals surface area contributed by atoms with Crippen LogP contribution in [0.5, 0.6) is 0 Å². The van der Waals surface area contributed by atoms with Gasteiger partial charge < -0.3 is 10.1 Å². The Bertz CT molecular complexity index is 514. The first-order chi connectivity index (χ1) is 12.9. The Morgan fingerprint density at radius 1 is 1.15 bits per heavy atom. The Morgan fingerprint density at radius 2 is 2.00 bits per heavy atom. The van der Waals surface area contributed by atoms with E-state index in [4.69, 9.17) is 4.74 Å². The average Bonchev–Trinajstić information content (AvgIpc) is 3.17. The highest BCUT2D eigenvalue weighted by atomic mass is 16.6. The standard InChI is InChI=1S/C22H39N3O2/c1-22(2,3)27-21(26)24-19-11-8-6-4-5-7-10-17-14-18(17)16-23-25-13-9-12-20(25)15-19/h7,10,17-20,23H,4-6,8-9,11-16H2,1-3H3,(H,24,26)/b10-7-. The number of rotatable bonds is 1. The number of amides is 1. The average molecular weight is 378 g/mol. The molecular weight excluding hydrogens is 338 g/mol. The molecule has 1 amide bonds. The molecule has 0 bridgehead atoms. The summed E-state index contributed by atoms with van der Waals surface area (Å²) in [6, 6.07) is 0.712. The third-order valence-corrected chi connectivity index (χ3v) is 6.00. The molecule has 0 aromatic rings. The lowest BCUT2D eigenvalue weighted by Crippen LogP contribution is -2.47. The number of fused-ring (bicyclic) bond motifs is 2. The van der Waals surface area contributed by atoms with Crippen LogP contribution >= 0.6 is 0 Å². The summed E-state index contributed by atoms with van der Waals surface area (Å²) in [7, 11) is 0. The molecule has 4 unspecified atom stereocenters. The SMILES string of the molecule is CC(C)(C)OC(=O)NC1CCCCC/C=C\C2CC2CNN2CCCC2C1. The summed E-state index contributed by atoms with van der Waals surface area (Å²) in [5.41, 5.74) is 3.26. The van der Waals surface area contributed by atoms with E-state index in [1.807, 2.05) is 20.8 Å². The molecule has 2 heterocycles. The van der Waals surface area contributed by atoms with E-state index in [1.54, 1.807) is 0 Å². The van der Waals surface area contributed by atoms with Crippen LogP contribution < -0.4 is 10.7 Å². The molecule has 1 aliphatic carbocycles. The van der Waals surface area contributed by atoms with Crippen molar-refractivity contribution in [1.82, 2.24) is 15.8 Å². The first-order valence-electron chi connectivity index (χ1n) is 11.1. The van der Waals surface area contributed by atoms with Gasteiger partial charge in [-0.3, -0.25) is 5.43 Å². The quantitative estimate of drug-likeness (QED) is 0.665. The Morgan fingerprint density at radius 3 is 2.81 bits per heavy atom. The van der Waals surface area contributed by atoms with Crippen molar-refractivity contribution in [3.63, 3.8) is 0 Å². The highest BCUT2D eigenvalue weighted by Gasteiger charge is 2.36. The van der Waals surface area contributed by atoms with E-state index in [9.17, 15) is 4.79 Å². The maximum absolute atomic E-state index is 12.3. The number of hydrogen-bond acceptors (Lipinski definition) is 4. The summed E-state index contributed by atoms with van der Waals surface area (Å²) in [5, 5.41) is 5.61. The van der Waals surface area contributed by atoms with Crippen LogP contribution in [-0.4, -0.2) is 41.9 Å². The zero-order valence-electron chi connectivity index (χ0n) is 17.5. The second-order valence-electron chi connectivity index (χ2n) is 9.66. The first kappa shape index (κ1) is 20.7. The van der Waals surface area contributed by atoms with Crippen LogP contribution in [0.4, 0.5) is 4.79 Å². The van der Waals surface area contributed by atoms with Gasteiger partial charge in [-0.2, -0.15) is 0 Å². The van der Waals surface area contributed by atoms with Crippen LogP contribution in [0.25, 0.3) is 0 Å². The van der Waals surface area contributed by atoms with Crippen molar-refractivity contribution >= 4 is 6.09 Å². The lowest BCUT2D eigenvalue weighted by molar-refractivity contribution is 0.0484. The highest BCUT2D eigenvalue weighted by molar-refractivity contribution is 5.68. The predicted molar refractivity (Wildman–Crippen MR) is 109 cm³/mol. The molecule has 5 heteroatoms. The minimum Gasteiger partial charge on any atom is -0.444 e. The lowest BCUT2D eigenvalue weighted by atomic mass is 9.99. The van der Waals surface area contributed by atoms with Gasteiger partial charge in [-0.15, -0.1) is 0 Å². The zero-order chi connectivity index (χ0) is 19.3. The van der Waals surface area contributed by atoms with Crippen LogP contribution in [0.1, 0.15) is 78.6 Å². The van der Waals surface area contributed by atoms with Crippen molar-refractivity contribution in [2.24, 2.45) is 11.8 Å². The minimum absolute atomic E-state index is 0.196. The number of hydrogen-bond donors (Lipinski definition) is 2. The van der Waals surface area contributed by atoms with E-state index in [-0.39, 0.29) is 12.1 Å². The van der Waals surface area contributed by atoms with Crippen LogP contribution in [0, 0.1) is 11.8 Å². The first-order valence-corrected chi connectivity index (χ1v) is 11.1. The van der Waals surface area contributed by atoms with Crippen LogP contribution in [-0.2, 0) is 4.74 Å². The third kappa shape index (κ3) is 7.11. The van der Waals surface area contributed by atoms with Gasteiger partial charge in [0.25, 0.3) is 0 Å². The number of alkyl carbamates (subject to hydrolysis) is 1. The van der Waals surface area contributed by atoms with Gasteiger partial charge in [-0.25, -0.2) is 9.80 Å². The smallest absolute Gasteiger partial charge is 0.407 e. The molecule has 4 atom stereocenters. The van der Waals surface area contributed by atoms with E-state index in [0.717, 1.165) is 37.8 Å². The molecule has 154 valence electrons. The minimum atomic E-state index is -0.446. The van der Waals surface area contributed by atoms with Gasteiger partial charge in [0, 0.05) is 25.2 Å². The van der Waals surface area contributed by atoms with Crippen molar-refractivity contribution in [1.29, 1.82) is 0 Å².